The van der Waals surface area contributed by atoms with Gasteiger partial charge >= 0.3 is 0 Å². The molecular weight excluding hydrogens is 266 g/mol. The molecule has 0 bridgehead atoms. The highest BCUT2D eigenvalue weighted by molar-refractivity contribution is 6.04. The summed E-state index contributed by atoms with van der Waals surface area (Å²) in [4.78, 5) is 12.1. The molecule has 1 heterocycles. The normalized spacial score (nSPS) is 10.3. The number of carbonyl (C=O) groups excluding carboxylic acids is 1. The Kier molecular flexibility index (Phi) is 3.39. The number of hydrogen-bond acceptors (Lipinski definition) is 3. The Morgan fingerprint density at radius 1 is 1.00 bits per heavy atom. The summed E-state index contributed by atoms with van der Waals surface area (Å²) in [5, 5.41) is 18.6. The summed E-state index contributed by atoms with van der Waals surface area (Å²) in [7, 11) is 0. The van der Waals surface area contributed by atoms with Crippen LogP contribution in [0, 0.1) is 0 Å². The van der Waals surface area contributed by atoms with E-state index in [4.69, 9.17) is 0 Å². The molecule has 5 heteroatoms. The average molecular weight is 279 g/mol. The minimum atomic E-state index is -0.195. The second-order valence-corrected chi connectivity index (χ2v) is 4.57. The van der Waals surface area contributed by atoms with Crippen LogP contribution in [0.4, 0.5) is 5.69 Å². The van der Waals surface area contributed by atoms with Crippen molar-refractivity contribution >= 4 is 11.6 Å². The van der Waals surface area contributed by atoms with Gasteiger partial charge < -0.3 is 10.4 Å². The van der Waals surface area contributed by atoms with E-state index in [1.54, 1.807) is 36.7 Å². The fourth-order valence-corrected chi connectivity index (χ4v) is 1.97. The first-order chi connectivity index (χ1) is 10.2. The number of H-pyrrole nitrogens is 1. The highest BCUT2D eigenvalue weighted by atomic mass is 16.3. The number of amides is 1. The summed E-state index contributed by atoms with van der Waals surface area (Å²) in [6.45, 7) is 0. The van der Waals surface area contributed by atoms with Crippen molar-refractivity contribution in [2.45, 2.75) is 0 Å². The first kappa shape index (κ1) is 12.9. The van der Waals surface area contributed by atoms with Crippen molar-refractivity contribution in [1.29, 1.82) is 0 Å². The minimum absolute atomic E-state index is 0.164. The van der Waals surface area contributed by atoms with Crippen LogP contribution in [-0.4, -0.2) is 21.2 Å². The van der Waals surface area contributed by atoms with E-state index in [0.717, 1.165) is 11.1 Å². The number of aromatic hydroxyl groups is 1. The molecule has 0 saturated carbocycles. The van der Waals surface area contributed by atoms with Gasteiger partial charge in [0.2, 0.25) is 0 Å². The summed E-state index contributed by atoms with van der Waals surface area (Å²) >= 11 is 0. The molecule has 3 aromatic rings. The van der Waals surface area contributed by atoms with Gasteiger partial charge in [-0.1, -0.05) is 12.1 Å². The lowest BCUT2D eigenvalue weighted by Crippen LogP contribution is -2.11. The number of nitrogens with zero attached hydrogens (tertiary/aromatic N) is 1. The number of hydrogen-bond donors (Lipinski definition) is 3. The molecule has 1 amide bonds. The largest absolute Gasteiger partial charge is 0.508 e. The SMILES string of the molecule is O=C(Nc1ccc(O)cc1)c1ccc(-c2cn[nH]c2)cc1. The van der Waals surface area contributed by atoms with Gasteiger partial charge in [0.1, 0.15) is 5.75 Å². The average Bonchev–Trinajstić information content (AvgIpc) is 3.04. The monoisotopic (exact) mass is 279 g/mol. The molecule has 21 heavy (non-hydrogen) atoms. The highest BCUT2D eigenvalue weighted by Crippen LogP contribution is 2.19. The molecule has 5 nitrogen and oxygen atoms in total. The van der Waals surface area contributed by atoms with E-state index in [1.165, 1.54) is 12.1 Å². The van der Waals surface area contributed by atoms with Crippen LogP contribution in [0.2, 0.25) is 0 Å². The Balaban J connectivity index is 1.74. The molecule has 0 saturated heterocycles. The number of benzene rings is 2. The highest BCUT2D eigenvalue weighted by Gasteiger charge is 2.07. The zero-order chi connectivity index (χ0) is 14.7. The van der Waals surface area contributed by atoms with Crippen molar-refractivity contribution in [3.8, 4) is 16.9 Å². The number of rotatable bonds is 3. The van der Waals surface area contributed by atoms with E-state index in [1.807, 2.05) is 12.1 Å². The van der Waals surface area contributed by atoms with Crippen LogP contribution in [0.1, 0.15) is 10.4 Å². The number of aromatic nitrogens is 2. The molecule has 0 unspecified atom stereocenters. The molecule has 0 spiro atoms. The van der Waals surface area contributed by atoms with E-state index in [-0.39, 0.29) is 11.7 Å². The third-order valence-electron chi connectivity index (χ3n) is 3.10. The third kappa shape index (κ3) is 2.92. The predicted molar refractivity (Wildman–Crippen MR) is 80.1 cm³/mol. The molecule has 0 aliphatic carbocycles. The lowest BCUT2D eigenvalue weighted by atomic mass is 10.1. The van der Waals surface area contributed by atoms with Crippen molar-refractivity contribution in [1.82, 2.24) is 10.2 Å². The molecule has 0 radical (unpaired) electrons. The number of anilines is 1. The molecule has 0 aliphatic heterocycles. The first-order valence-corrected chi connectivity index (χ1v) is 6.42. The predicted octanol–water partition coefficient (Wildman–Crippen LogP) is 3.03. The first-order valence-electron chi connectivity index (χ1n) is 6.42. The van der Waals surface area contributed by atoms with Crippen LogP contribution >= 0.6 is 0 Å². The zero-order valence-corrected chi connectivity index (χ0v) is 11.1. The van der Waals surface area contributed by atoms with Crippen molar-refractivity contribution in [2.24, 2.45) is 0 Å². The van der Waals surface area contributed by atoms with Gasteiger partial charge in [-0.2, -0.15) is 5.10 Å². The topological polar surface area (TPSA) is 78.0 Å². The van der Waals surface area contributed by atoms with Gasteiger partial charge in [-0.05, 0) is 42.0 Å². The van der Waals surface area contributed by atoms with Crippen LogP contribution in [0.3, 0.4) is 0 Å². The molecule has 0 fully saturated rings. The van der Waals surface area contributed by atoms with Gasteiger partial charge in [0.25, 0.3) is 5.91 Å². The van der Waals surface area contributed by atoms with Gasteiger partial charge in [-0.3, -0.25) is 9.89 Å². The lowest BCUT2D eigenvalue weighted by molar-refractivity contribution is 0.102. The summed E-state index contributed by atoms with van der Waals surface area (Å²) < 4.78 is 0. The van der Waals surface area contributed by atoms with Crippen LogP contribution < -0.4 is 5.32 Å². The van der Waals surface area contributed by atoms with Gasteiger partial charge in [0, 0.05) is 23.0 Å². The summed E-state index contributed by atoms with van der Waals surface area (Å²) in [6, 6.07) is 13.6. The van der Waals surface area contributed by atoms with Gasteiger partial charge in [-0.25, -0.2) is 0 Å². The van der Waals surface area contributed by atoms with E-state index in [9.17, 15) is 9.90 Å². The Labute approximate surface area is 121 Å². The second-order valence-electron chi connectivity index (χ2n) is 4.57. The maximum atomic E-state index is 12.1. The molecule has 0 aliphatic rings. The molecule has 1 aromatic heterocycles. The fourth-order valence-electron chi connectivity index (χ4n) is 1.97. The van der Waals surface area contributed by atoms with Crippen LogP contribution in [-0.2, 0) is 0 Å². The molecule has 104 valence electrons. The number of phenolic OH excluding ortho intramolecular Hbond substituents is 1. The summed E-state index contributed by atoms with van der Waals surface area (Å²) in [5.41, 5.74) is 3.16. The van der Waals surface area contributed by atoms with Crippen molar-refractivity contribution in [2.75, 3.05) is 5.32 Å². The van der Waals surface area contributed by atoms with Crippen LogP contribution in [0.5, 0.6) is 5.75 Å². The van der Waals surface area contributed by atoms with E-state index in [2.05, 4.69) is 15.5 Å². The smallest absolute Gasteiger partial charge is 0.255 e. The third-order valence-corrected chi connectivity index (χ3v) is 3.10. The van der Waals surface area contributed by atoms with Crippen LogP contribution in [0.15, 0.2) is 60.9 Å². The number of carbonyl (C=O) groups is 1. The standard InChI is InChI=1S/C16H13N3O2/c20-15-7-5-14(6-8-15)19-16(21)12-3-1-11(2-4-12)13-9-17-18-10-13/h1-10,20H,(H,17,18)(H,19,21). The Hall–Kier alpha value is -3.08. The quantitative estimate of drug-likeness (QED) is 0.645. The minimum Gasteiger partial charge on any atom is -0.508 e. The molecule has 0 atom stereocenters. The maximum Gasteiger partial charge on any atom is 0.255 e. The van der Waals surface area contributed by atoms with Crippen molar-refractivity contribution in [3.05, 3.63) is 66.5 Å². The number of aromatic amines is 1. The molecule has 3 rings (SSSR count). The Morgan fingerprint density at radius 2 is 1.71 bits per heavy atom. The van der Waals surface area contributed by atoms with E-state index in [0.29, 0.717) is 11.3 Å². The van der Waals surface area contributed by atoms with Gasteiger partial charge in [0.05, 0.1) is 6.20 Å². The van der Waals surface area contributed by atoms with E-state index < -0.39 is 0 Å². The lowest BCUT2D eigenvalue weighted by Gasteiger charge is -2.06. The second kappa shape index (κ2) is 5.50. The summed E-state index contributed by atoms with van der Waals surface area (Å²) in [5.74, 6) is -0.0307. The molecular formula is C16H13N3O2. The molecule has 2 aromatic carbocycles. The fraction of sp³-hybridized carbons (Fsp3) is 0. The number of nitrogens with one attached hydrogen (secondary N) is 2. The van der Waals surface area contributed by atoms with Gasteiger partial charge in [-0.15, -0.1) is 0 Å². The van der Waals surface area contributed by atoms with Gasteiger partial charge in [0.15, 0.2) is 0 Å². The van der Waals surface area contributed by atoms with Crippen molar-refractivity contribution < 1.29 is 9.90 Å². The Bertz CT molecular complexity index is 732. The number of phenols is 1. The Morgan fingerprint density at radius 3 is 2.33 bits per heavy atom. The zero-order valence-electron chi connectivity index (χ0n) is 11.1. The molecule has 3 N–H and O–H groups in total. The van der Waals surface area contributed by atoms with Crippen molar-refractivity contribution in [3.63, 3.8) is 0 Å². The maximum absolute atomic E-state index is 12.1. The summed E-state index contributed by atoms with van der Waals surface area (Å²) in [6.07, 6.45) is 3.52. The van der Waals surface area contributed by atoms with Crippen LogP contribution in [0.25, 0.3) is 11.1 Å². The van der Waals surface area contributed by atoms with E-state index >= 15 is 0 Å².